The molecule has 0 saturated heterocycles. The van der Waals surface area contributed by atoms with Gasteiger partial charge in [-0.15, -0.1) is 0 Å². The second-order valence-corrected chi connectivity index (χ2v) is 4.86. The molecule has 0 rings (SSSR count). The van der Waals surface area contributed by atoms with E-state index in [0.717, 1.165) is 0 Å². The summed E-state index contributed by atoms with van der Waals surface area (Å²) in [6, 6.07) is 0. The van der Waals surface area contributed by atoms with Crippen molar-refractivity contribution in [3.8, 4) is 11.6 Å². The van der Waals surface area contributed by atoms with Crippen LogP contribution >= 0.6 is 7.60 Å². The number of rotatable bonds is 4. The monoisotopic (exact) mass is 220 g/mol. The molecule has 0 bridgehead atoms. The molecule has 14 heavy (non-hydrogen) atoms. The maximum Gasteiger partial charge on any atom is 0.405 e. The van der Waals surface area contributed by atoms with Gasteiger partial charge < -0.3 is 5.11 Å². The van der Waals surface area contributed by atoms with Crippen LogP contribution in [0, 0.1) is 11.6 Å². The lowest BCUT2D eigenvalue weighted by atomic mass is 10.2. The van der Waals surface area contributed by atoms with Crippen LogP contribution in [0.15, 0.2) is 0 Å². The molecule has 0 spiro atoms. The van der Waals surface area contributed by atoms with Gasteiger partial charge in [0.1, 0.15) is 5.60 Å². The van der Waals surface area contributed by atoms with Crippen LogP contribution in [0.25, 0.3) is 0 Å². The minimum absolute atomic E-state index is 0.262. The van der Waals surface area contributed by atoms with Crippen LogP contribution in [-0.2, 0) is 13.6 Å². The first-order valence-electron chi connectivity index (χ1n) is 4.49. The van der Waals surface area contributed by atoms with E-state index in [0.29, 0.717) is 0 Å². The van der Waals surface area contributed by atoms with E-state index in [1.807, 2.05) is 0 Å². The third kappa shape index (κ3) is 6.17. The minimum atomic E-state index is -3.34. The first-order valence-corrected chi connectivity index (χ1v) is 6.03. The Morgan fingerprint density at radius 1 is 1.29 bits per heavy atom. The van der Waals surface area contributed by atoms with Crippen molar-refractivity contribution in [2.45, 2.75) is 33.3 Å². The summed E-state index contributed by atoms with van der Waals surface area (Å²) in [6.45, 7) is 6.94. The molecule has 0 aliphatic carbocycles. The van der Waals surface area contributed by atoms with E-state index in [1.165, 1.54) is 13.8 Å². The lowest BCUT2D eigenvalue weighted by Crippen LogP contribution is -2.14. The fraction of sp³-hybridized carbons (Fsp3) is 0.778. The molecule has 0 amide bonds. The van der Waals surface area contributed by atoms with Crippen molar-refractivity contribution in [3.63, 3.8) is 0 Å². The van der Waals surface area contributed by atoms with Gasteiger partial charge in [0.15, 0.2) is 0 Å². The molecular formula is C9H17O4P. The Kier molecular flexibility index (Phi) is 5.40. The SMILES string of the molecule is CCOP(=O)(C#CC(C)(C)O)OCC. The van der Waals surface area contributed by atoms with Crippen LogP contribution in [-0.4, -0.2) is 23.9 Å². The molecule has 0 aromatic heterocycles. The molecule has 0 heterocycles. The predicted molar refractivity (Wildman–Crippen MR) is 54.9 cm³/mol. The maximum absolute atomic E-state index is 11.7. The molecule has 0 unspecified atom stereocenters. The molecule has 0 saturated carbocycles. The molecule has 0 aliphatic rings. The molecule has 0 radical (unpaired) electrons. The van der Waals surface area contributed by atoms with Gasteiger partial charge in [-0.3, -0.25) is 9.05 Å². The van der Waals surface area contributed by atoms with Crippen LogP contribution < -0.4 is 0 Å². The average molecular weight is 220 g/mol. The zero-order valence-electron chi connectivity index (χ0n) is 9.03. The van der Waals surface area contributed by atoms with Crippen molar-refractivity contribution in [1.82, 2.24) is 0 Å². The fourth-order valence-corrected chi connectivity index (χ4v) is 1.94. The van der Waals surface area contributed by atoms with Crippen molar-refractivity contribution in [2.75, 3.05) is 13.2 Å². The van der Waals surface area contributed by atoms with Crippen LogP contribution in [0.2, 0.25) is 0 Å². The van der Waals surface area contributed by atoms with Crippen molar-refractivity contribution in [1.29, 1.82) is 0 Å². The van der Waals surface area contributed by atoms with Gasteiger partial charge in [-0.2, -0.15) is 0 Å². The average Bonchev–Trinajstić information content (AvgIpc) is 2.01. The van der Waals surface area contributed by atoms with Gasteiger partial charge >= 0.3 is 7.60 Å². The lowest BCUT2D eigenvalue weighted by molar-refractivity contribution is 0.143. The third-order valence-corrected chi connectivity index (χ3v) is 2.68. The summed E-state index contributed by atoms with van der Waals surface area (Å²) in [4.78, 5) is 0. The van der Waals surface area contributed by atoms with Gasteiger partial charge in [-0.05, 0) is 27.7 Å². The lowest BCUT2D eigenvalue weighted by Gasteiger charge is -2.11. The minimum Gasteiger partial charge on any atom is -0.378 e. The Bertz CT molecular complexity index is 259. The summed E-state index contributed by atoms with van der Waals surface area (Å²) in [5.74, 6) is 2.42. The van der Waals surface area contributed by atoms with E-state index in [9.17, 15) is 9.67 Å². The smallest absolute Gasteiger partial charge is 0.378 e. The highest BCUT2D eigenvalue weighted by Crippen LogP contribution is 2.46. The molecule has 0 aliphatic heterocycles. The fourth-order valence-electron chi connectivity index (χ4n) is 0.647. The summed E-state index contributed by atoms with van der Waals surface area (Å²) in [5, 5.41) is 9.31. The number of hydrogen-bond acceptors (Lipinski definition) is 4. The molecular weight excluding hydrogens is 203 g/mol. The van der Waals surface area contributed by atoms with Gasteiger partial charge in [0.25, 0.3) is 0 Å². The van der Waals surface area contributed by atoms with Crippen molar-refractivity contribution in [3.05, 3.63) is 0 Å². The van der Waals surface area contributed by atoms with E-state index < -0.39 is 13.2 Å². The van der Waals surface area contributed by atoms with E-state index in [4.69, 9.17) is 9.05 Å². The van der Waals surface area contributed by atoms with Crippen LogP contribution in [0.4, 0.5) is 0 Å². The molecule has 0 fully saturated rings. The summed E-state index contributed by atoms with van der Waals surface area (Å²) in [7, 11) is -3.34. The summed E-state index contributed by atoms with van der Waals surface area (Å²) in [5.41, 5.74) is 1.16. The first-order chi connectivity index (χ1) is 6.33. The number of hydrogen-bond donors (Lipinski definition) is 1. The largest absolute Gasteiger partial charge is 0.405 e. The highest BCUT2D eigenvalue weighted by atomic mass is 31.2. The molecule has 0 aromatic carbocycles. The molecule has 5 heteroatoms. The normalized spacial score (nSPS) is 12.1. The topological polar surface area (TPSA) is 55.8 Å². The molecule has 1 N–H and O–H groups in total. The second-order valence-electron chi connectivity index (χ2n) is 3.13. The van der Waals surface area contributed by atoms with Crippen LogP contribution in [0.5, 0.6) is 0 Å². The predicted octanol–water partition coefficient (Wildman–Crippen LogP) is 1.98. The van der Waals surface area contributed by atoms with E-state index in [1.54, 1.807) is 13.8 Å². The summed E-state index contributed by atoms with van der Waals surface area (Å²) < 4.78 is 21.6. The van der Waals surface area contributed by atoms with Gasteiger partial charge in [0.2, 0.25) is 0 Å². The molecule has 0 atom stereocenters. The van der Waals surface area contributed by atoms with Crippen LogP contribution in [0.1, 0.15) is 27.7 Å². The Hall–Kier alpha value is -0.330. The molecule has 4 nitrogen and oxygen atoms in total. The Morgan fingerprint density at radius 3 is 2.00 bits per heavy atom. The van der Waals surface area contributed by atoms with Crippen molar-refractivity contribution >= 4 is 7.60 Å². The van der Waals surface area contributed by atoms with Gasteiger partial charge in [-0.1, -0.05) is 5.92 Å². The summed E-state index contributed by atoms with van der Waals surface area (Å²) >= 11 is 0. The first kappa shape index (κ1) is 13.7. The van der Waals surface area contributed by atoms with E-state index in [-0.39, 0.29) is 13.2 Å². The maximum atomic E-state index is 11.7. The second kappa shape index (κ2) is 5.53. The van der Waals surface area contributed by atoms with E-state index >= 15 is 0 Å². The third-order valence-electron chi connectivity index (χ3n) is 1.10. The summed E-state index contributed by atoms with van der Waals surface area (Å²) in [6.07, 6.45) is 0. The van der Waals surface area contributed by atoms with Crippen molar-refractivity contribution in [2.24, 2.45) is 0 Å². The molecule has 82 valence electrons. The van der Waals surface area contributed by atoms with Gasteiger partial charge in [0.05, 0.1) is 13.2 Å². The van der Waals surface area contributed by atoms with Crippen molar-refractivity contribution < 1.29 is 18.7 Å². The van der Waals surface area contributed by atoms with Gasteiger partial charge in [-0.25, -0.2) is 4.57 Å². The van der Waals surface area contributed by atoms with Gasteiger partial charge in [0, 0.05) is 5.66 Å². The van der Waals surface area contributed by atoms with E-state index in [2.05, 4.69) is 11.6 Å². The highest BCUT2D eigenvalue weighted by molar-refractivity contribution is 7.59. The Labute approximate surface area is 85.1 Å². The van der Waals surface area contributed by atoms with Crippen LogP contribution in [0.3, 0.4) is 0 Å². The quantitative estimate of drug-likeness (QED) is 0.581. The zero-order chi connectivity index (χ0) is 11.2. The Balaban J connectivity index is 4.65. The Morgan fingerprint density at radius 2 is 1.71 bits per heavy atom. The zero-order valence-corrected chi connectivity index (χ0v) is 9.93. The highest BCUT2D eigenvalue weighted by Gasteiger charge is 2.21. The standard InChI is InChI=1S/C9H17O4P/c1-5-12-14(11,13-6-2)8-7-9(3,4)10/h10H,5-6H2,1-4H3. The number of aliphatic hydroxyl groups is 1. The molecule has 0 aromatic rings.